The summed E-state index contributed by atoms with van der Waals surface area (Å²) in [4.78, 5) is 25.1. The number of hydrogen-bond donors (Lipinski definition) is 4. The molecule has 1 aromatic carbocycles. The van der Waals surface area contributed by atoms with Gasteiger partial charge >= 0.3 is 0 Å². The molecule has 1 aromatic heterocycles. The van der Waals surface area contributed by atoms with Crippen molar-refractivity contribution in [2.24, 2.45) is 5.92 Å². The highest BCUT2D eigenvalue weighted by molar-refractivity contribution is 7.14. The van der Waals surface area contributed by atoms with Crippen molar-refractivity contribution < 1.29 is 14.7 Å². The van der Waals surface area contributed by atoms with Crippen LogP contribution < -0.4 is 16.0 Å². The van der Waals surface area contributed by atoms with Crippen LogP contribution in [0.25, 0.3) is 0 Å². The lowest BCUT2D eigenvalue weighted by Gasteiger charge is -2.14. The third-order valence-corrected chi connectivity index (χ3v) is 6.16. The molecule has 27 heavy (non-hydrogen) atoms. The summed E-state index contributed by atoms with van der Waals surface area (Å²) in [7, 11) is 0. The molecular formula is C20H23N3O3S. The van der Waals surface area contributed by atoms with Gasteiger partial charge in [0.25, 0.3) is 11.8 Å². The van der Waals surface area contributed by atoms with Gasteiger partial charge in [0.2, 0.25) is 0 Å². The van der Waals surface area contributed by atoms with Gasteiger partial charge in [-0.3, -0.25) is 9.59 Å². The fraction of sp³-hybridized carbons (Fsp3) is 0.400. The number of rotatable bonds is 5. The Hall–Kier alpha value is -2.22. The molecule has 7 heteroatoms. The Morgan fingerprint density at radius 2 is 2.00 bits per heavy atom. The van der Waals surface area contributed by atoms with Crippen LogP contribution in [0.15, 0.2) is 29.6 Å². The van der Waals surface area contributed by atoms with Crippen molar-refractivity contribution in [3.8, 4) is 0 Å². The lowest BCUT2D eigenvalue weighted by molar-refractivity contribution is 0.0928. The van der Waals surface area contributed by atoms with Crippen LogP contribution in [0.5, 0.6) is 0 Å². The molecule has 1 saturated heterocycles. The second kappa shape index (κ2) is 7.80. The van der Waals surface area contributed by atoms with Gasteiger partial charge in [-0.2, -0.15) is 0 Å². The predicted molar refractivity (Wildman–Crippen MR) is 105 cm³/mol. The second-order valence-electron chi connectivity index (χ2n) is 7.15. The normalized spacial score (nSPS) is 21.1. The summed E-state index contributed by atoms with van der Waals surface area (Å²) in [6, 6.07) is 7.54. The molecule has 1 fully saturated rings. The SMILES string of the molecule is O=C(Nc1sccc1C(=O)NCC1CNCC1O)c1ccc2c(c1)CCC2. The van der Waals surface area contributed by atoms with Crippen LogP contribution in [0.2, 0.25) is 0 Å². The molecule has 0 radical (unpaired) electrons. The van der Waals surface area contributed by atoms with E-state index in [1.165, 1.54) is 22.5 Å². The number of amides is 2. The Balaban J connectivity index is 1.40. The maximum atomic E-state index is 12.6. The van der Waals surface area contributed by atoms with E-state index in [1.54, 1.807) is 11.4 Å². The van der Waals surface area contributed by atoms with Crippen LogP contribution in [0.1, 0.15) is 38.3 Å². The van der Waals surface area contributed by atoms with E-state index in [0.717, 1.165) is 19.3 Å². The maximum Gasteiger partial charge on any atom is 0.256 e. The van der Waals surface area contributed by atoms with Crippen LogP contribution in [0.3, 0.4) is 0 Å². The number of anilines is 1. The first kappa shape index (κ1) is 18.2. The molecule has 2 amide bonds. The average molecular weight is 385 g/mol. The summed E-state index contributed by atoms with van der Waals surface area (Å²) in [5.74, 6) is -0.423. The molecule has 2 aliphatic rings. The molecule has 2 atom stereocenters. The van der Waals surface area contributed by atoms with Crippen molar-refractivity contribution >= 4 is 28.2 Å². The average Bonchev–Trinajstić information content (AvgIpc) is 3.39. The number of hydrogen-bond acceptors (Lipinski definition) is 5. The van der Waals surface area contributed by atoms with Crippen molar-refractivity contribution in [3.05, 3.63) is 51.9 Å². The van der Waals surface area contributed by atoms with Gasteiger partial charge in [-0.1, -0.05) is 6.07 Å². The van der Waals surface area contributed by atoms with Gasteiger partial charge in [-0.05, 0) is 54.0 Å². The summed E-state index contributed by atoms with van der Waals surface area (Å²) in [5, 5.41) is 21.0. The highest BCUT2D eigenvalue weighted by Gasteiger charge is 2.26. The first-order valence-corrected chi connectivity index (χ1v) is 10.2. The molecule has 4 rings (SSSR count). The van der Waals surface area contributed by atoms with Gasteiger partial charge in [-0.25, -0.2) is 0 Å². The Kier molecular flexibility index (Phi) is 5.24. The monoisotopic (exact) mass is 385 g/mol. The molecule has 142 valence electrons. The zero-order valence-corrected chi connectivity index (χ0v) is 15.8. The number of benzene rings is 1. The third-order valence-electron chi connectivity index (χ3n) is 5.33. The largest absolute Gasteiger partial charge is 0.391 e. The summed E-state index contributed by atoms with van der Waals surface area (Å²) < 4.78 is 0. The number of carbonyl (C=O) groups is 2. The predicted octanol–water partition coefficient (Wildman–Crippen LogP) is 1.80. The zero-order valence-electron chi connectivity index (χ0n) is 15.0. The maximum absolute atomic E-state index is 12.6. The second-order valence-corrected chi connectivity index (χ2v) is 8.07. The van der Waals surface area contributed by atoms with Gasteiger partial charge in [0.1, 0.15) is 5.00 Å². The van der Waals surface area contributed by atoms with E-state index < -0.39 is 6.10 Å². The van der Waals surface area contributed by atoms with Crippen molar-refractivity contribution in [1.82, 2.24) is 10.6 Å². The van der Waals surface area contributed by atoms with Gasteiger partial charge in [0, 0.05) is 31.1 Å². The number of aliphatic hydroxyl groups is 1. The molecule has 2 aromatic rings. The molecule has 0 spiro atoms. The molecule has 6 nitrogen and oxygen atoms in total. The minimum atomic E-state index is -0.438. The molecule has 0 bridgehead atoms. The van der Waals surface area contributed by atoms with E-state index in [2.05, 4.69) is 16.0 Å². The van der Waals surface area contributed by atoms with E-state index in [-0.39, 0.29) is 17.7 Å². The van der Waals surface area contributed by atoms with Crippen molar-refractivity contribution in [3.63, 3.8) is 0 Å². The smallest absolute Gasteiger partial charge is 0.256 e. The van der Waals surface area contributed by atoms with Gasteiger partial charge < -0.3 is 21.1 Å². The highest BCUT2D eigenvalue weighted by Crippen LogP contribution is 2.26. The van der Waals surface area contributed by atoms with E-state index in [4.69, 9.17) is 0 Å². The van der Waals surface area contributed by atoms with Crippen LogP contribution >= 0.6 is 11.3 Å². The Morgan fingerprint density at radius 1 is 1.15 bits per heavy atom. The number of aryl methyl sites for hydroxylation is 2. The summed E-state index contributed by atoms with van der Waals surface area (Å²) in [6.07, 6.45) is 2.80. The fourth-order valence-corrected chi connectivity index (χ4v) is 4.50. The lowest BCUT2D eigenvalue weighted by Crippen LogP contribution is -2.34. The minimum absolute atomic E-state index is 0.0111. The first-order valence-electron chi connectivity index (χ1n) is 9.29. The van der Waals surface area contributed by atoms with Crippen LogP contribution in [-0.4, -0.2) is 42.7 Å². The third kappa shape index (κ3) is 3.90. The first-order chi connectivity index (χ1) is 13.1. The highest BCUT2D eigenvalue weighted by atomic mass is 32.1. The van der Waals surface area contributed by atoms with Crippen LogP contribution in [-0.2, 0) is 12.8 Å². The fourth-order valence-electron chi connectivity index (χ4n) is 3.72. The molecule has 1 aliphatic heterocycles. The molecule has 4 N–H and O–H groups in total. The summed E-state index contributed by atoms with van der Waals surface area (Å²) in [6.45, 7) is 1.65. The van der Waals surface area contributed by atoms with Crippen molar-refractivity contribution in [1.29, 1.82) is 0 Å². The number of thiophene rings is 1. The number of fused-ring (bicyclic) bond motifs is 1. The number of β-amino-alcohol motifs (C(OH)–C–C–N with tert-alkyl or cyclic N) is 1. The van der Waals surface area contributed by atoms with Gasteiger partial charge in [0.15, 0.2) is 0 Å². The van der Waals surface area contributed by atoms with Crippen LogP contribution in [0, 0.1) is 5.92 Å². The molecule has 1 aliphatic carbocycles. The Morgan fingerprint density at radius 3 is 2.81 bits per heavy atom. The van der Waals surface area contributed by atoms with Crippen molar-refractivity contribution in [2.75, 3.05) is 25.0 Å². The topological polar surface area (TPSA) is 90.5 Å². The minimum Gasteiger partial charge on any atom is -0.391 e. The standard InChI is InChI=1S/C20H23N3O3S/c24-17-11-21-9-15(17)10-22-19(26)16-6-7-27-20(16)23-18(25)14-5-4-12-2-1-3-13(12)8-14/h4-8,15,17,21,24H,1-3,9-11H2,(H,22,26)(H,23,25). The van der Waals surface area contributed by atoms with Gasteiger partial charge in [-0.15, -0.1) is 11.3 Å². The molecule has 0 saturated carbocycles. The quantitative estimate of drug-likeness (QED) is 0.632. The summed E-state index contributed by atoms with van der Waals surface area (Å²) in [5.41, 5.74) is 3.65. The van der Waals surface area contributed by atoms with E-state index in [1.807, 2.05) is 18.2 Å². The van der Waals surface area contributed by atoms with E-state index in [0.29, 0.717) is 35.8 Å². The number of carbonyl (C=O) groups excluding carboxylic acids is 2. The van der Waals surface area contributed by atoms with E-state index in [9.17, 15) is 14.7 Å². The molecule has 2 unspecified atom stereocenters. The van der Waals surface area contributed by atoms with Crippen LogP contribution in [0.4, 0.5) is 5.00 Å². The molecule has 2 heterocycles. The summed E-state index contributed by atoms with van der Waals surface area (Å²) >= 11 is 1.33. The molecular weight excluding hydrogens is 362 g/mol. The number of nitrogens with one attached hydrogen (secondary N) is 3. The number of aliphatic hydroxyl groups excluding tert-OH is 1. The van der Waals surface area contributed by atoms with E-state index >= 15 is 0 Å². The zero-order chi connectivity index (χ0) is 18.8. The Bertz CT molecular complexity index is 864. The Labute approximate surface area is 162 Å². The van der Waals surface area contributed by atoms with Gasteiger partial charge in [0.05, 0.1) is 11.7 Å². The van der Waals surface area contributed by atoms with Crippen molar-refractivity contribution in [2.45, 2.75) is 25.4 Å². The lowest BCUT2D eigenvalue weighted by atomic mass is 10.1.